The quantitative estimate of drug-likeness (QED) is 0.539. The molecule has 2 aliphatic rings. The fourth-order valence-corrected chi connectivity index (χ4v) is 4.47. The normalized spacial score (nSPS) is 31.2. The van der Waals surface area contributed by atoms with Crippen LogP contribution in [0.1, 0.15) is 75.3 Å². The van der Waals surface area contributed by atoms with Gasteiger partial charge in [-0.1, -0.05) is 31.9 Å². The zero-order chi connectivity index (χ0) is 18.0. The highest BCUT2D eigenvalue weighted by Crippen LogP contribution is 2.41. The Bertz CT molecular complexity index is 618. The lowest BCUT2D eigenvalue weighted by atomic mass is 9.76. The Morgan fingerprint density at radius 1 is 0.920 bits per heavy atom. The van der Waals surface area contributed by atoms with Crippen molar-refractivity contribution in [2.45, 2.75) is 71.1 Å². The fourth-order valence-electron chi connectivity index (χ4n) is 4.47. The molecular weight excluding hydrogens is 321 g/mol. The summed E-state index contributed by atoms with van der Waals surface area (Å²) in [6.45, 7) is 3.84. The van der Waals surface area contributed by atoms with E-state index < -0.39 is 11.6 Å². The minimum Gasteiger partial charge on any atom is -0.212 e. The molecule has 2 saturated carbocycles. The first-order valence-corrected chi connectivity index (χ1v) is 9.77. The van der Waals surface area contributed by atoms with Gasteiger partial charge in [-0.3, -0.25) is 0 Å². The molecular formula is C22H29F3. The van der Waals surface area contributed by atoms with Gasteiger partial charge in [0.25, 0.3) is 0 Å². The van der Waals surface area contributed by atoms with E-state index >= 15 is 0 Å². The van der Waals surface area contributed by atoms with E-state index in [1.165, 1.54) is 12.8 Å². The van der Waals surface area contributed by atoms with Gasteiger partial charge in [0.1, 0.15) is 0 Å². The predicted molar refractivity (Wildman–Crippen MR) is 96.1 cm³/mol. The van der Waals surface area contributed by atoms with E-state index in [4.69, 9.17) is 0 Å². The number of rotatable bonds is 3. The van der Waals surface area contributed by atoms with Crippen LogP contribution in [-0.4, -0.2) is 0 Å². The van der Waals surface area contributed by atoms with Crippen LogP contribution in [-0.2, 0) is 0 Å². The van der Waals surface area contributed by atoms with Crippen molar-refractivity contribution in [2.75, 3.05) is 0 Å². The van der Waals surface area contributed by atoms with Gasteiger partial charge in [0.15, 0.2) is 11.6 Å². The van der Waals surface area contributed by atoms with Crippen molar-refractivity contribution in [1.82, 2.24) is 0 Å². The van der Waals surface area contributed by atoms with E-state index in [0.29, 0.717) is 17.0 Å². The van der Waals surface area contributed by atoms with E-state index in [1.54, 1.807) is 19.1 Å². The maximum absolute atomic E-state index is 14.6. The van der Waals surface area contributed by atoms with Crippen molar-refractivity contribution in [2.24, 2.45) is 17.8 Å². The molecule has 138 valence electrons. The summed E-state index contributed by atoms with van der Waals surface area (Å²) < 4.78 is 42.6. The lowest BCUT2D eigenvalue weighted by Crippen LogP contribution is -2.17. The van der Waals surface area contributed by atoms with Crippen molar-refractivity contribution >= 4 is 0 Å². The first kappa shape index (κ1) is 18.5. The number of halogens is 3. The summed E-state index contributed by atoms with van der Waals surface area (Å²) in [5, 5.41) is 0. The molecule has 0 nitrogen and oxygen atoms in total. The summed E-state index contributed by atoms with van der Waals surface area (Å²) >= 11 is 0. The summed E-state index contributed by atoms with van der Waals surface area (Å²) in [4.78, 5) is 0. The summed E-state index contributed by atoms with van der Waals surface area (Å²) in [5.74, 6) is -0.282. The minimum atomic E-state index is -0.739. The summed E-state index contributed by atoms with van der Waals surface area (Å²) in [7, 11) is 0. The highest BCUT2D eigenvalue weighted by Gasteiger charge is 2.28. The van der Waals surface area contributed by atoms with Crippen LogP contribution in [0, 0.1) is 36.3 Å². The van der Waals surface area contributed by atoms with Crippen LogP contribution in [0.15, 0.2) is 24.0 Å². The van der Waals surface area contributed by atoms with Crippen LogP contribution in [0.3, 0.4) is 0 Å². The molecule has 25 heavy (non-hydrogen) atoms. The van der Waals surface area contributed by atoms with Gasteiger partial charge in [0.05, 0.1) is 5.83 Å². The Hall–Kier alpha value is -1.25. The molecule has 0 unspecified atom stereocenters. The maximum Gasteiger partial charge on any atom is 0.162 e. The topological polar surface area (TPSA) is 0 Å². The van der Waals surface area contributed by atoms with Gasteiger partial charge in [-0.05, 0) is 80.4 Å². The number of hydrogen-bond donors (Lipinski definition) is 0. The van der Waals surface area contributed by atoms with Crippen LogP contribution in [0.5, 0.6) is 0 Å². The highest BCUT2D eigenvalue weighted by molar-refractivity contribution is 5.28. The molecule has 0 radical (unpaired) electrons. The Balaban J connectivity index is 1.59. The second-order valence-corrected chi connectivity index (χ2v) is 8.22. The molecule has 0 saturated heterocycles. The standard InChI is InChI=1S/C22H29F3/c1-14-3-6-16(7-4-14)13-20(23)18-10-8-17(9-11-18)19-12-5-15(2)21(24)22(19)25/h5,12-14,16-18H,3-4,6-11H2,1-2H3/b20-13-. The van der Waals surface area contributed by atoms with Crippen molar-refractivity contribution < 1.29 is 13.2 Å². The van der Waals surface area contributed by atoms with Crippen LogP contribution in [0.25, 0.3) is 0 Å². The van der Waals surface area contributed by atoms with Crippen LogP contribution in [0.2, 0.25) is 0 Å². The molecule has 3 rings (SSSR count). The first-order valence-electron chi connectivity index (χ1n) is 9.77. The third kappa shape index (κ3) is 4.30. The van der Waals surface area contributed by atoms with Gasteiger partial charge in [0.2, 0.25) is 0 Å². The van der Waals surface area contributed by atoms with E-state index in [2.05, 4.69) is 6.92 Å². The Kier molecular flexibility index (Phi) is 5.91. The monoisotopic (exact) mass is 350 g/mol. The van der Waals surface area contributed by atoms with Gasteiger partial charge in [-0.25, -0.2) is 13.2 Å². The highest BCUT2D eigenvalue weighted by atomic mass is 19.2. The summed E-state index contributed by atoms with van der Waals surface area (Å²) in [6, 6.07) is 3.35. The van der Waals surface area contributed by atoms with Crippen LogP contribution < -0.4 is 0 Å². The Morgan fingerprint density at radius 2 is 1.56 bits per heavy atom. The smallest absolute Gasteiger partial charge is 0.162 e. The molecule has 0 bridgehead atoms. The molecule has 1 aromatic rings. The van der Waals surface area contributed by atoms with Crippen molar-refractivity contribution in [1.29, 1.82) is 0 Å². The number of aryl methyl sites for hydroxylation is 1. The summed E-state index contributed by atoms with van der Waals surface area (Å²) in [6.07, 6.45) is 9.35. The molecule has 0 N–H and O–H groups in total. The second kappa shape index (κ2) is 7.97. The summed E-state index contributed by atoms with van der Waals surface area (Å²) in [5.41, 5.74) is 0.804. The lowest BCUT2D eigenvalue weighted by Gasteiger charge is -2.29. The average Bonchev–Trinajstić information content (AvgIpc) is 2.62. The zero-order valence-electron chi connectivity index (χ0n) is 15.3. The van der Waals surface area contributed by atoms with E-state index in [1.807, 2.05) is 6.08 Å². The fraction of sp³-hybridized carbons (Fsp3) is 0.636. The molecule has 2 aliphatic carbocycles. The van der Waals surface area contributed by atoms with Gasteiger partial charge in [-0.15, -0.1) is 0 Å². The molecule has 0 atom stereocenters. The van der Waals surface area contributed by atoms with Crippen LogP contribution >= 0.6 is 0 Å². The Labute approximate surface area is 149 Å². The largest absolute Gasteiger partial charge is 0.212 e. The van der Waals surface area contributed by atoms with Crippen LogP contribution in [0.4, 0.5) is 13.2 Å². The first-order chi connectivity index (χ1) is 12.0. The molecule has 0 spiro atoms. The van der Waals surface area contributed by atoms with Crippen molar-refractivity contribution in [3.63, 3.8) is 0 Å². The van der Waals surface area contributed by atoms with Gasteiger partial charge in [-0.2, -0.15) is 0 Å². The molecule has 1 aromatic carbocycles. The van der Waals surface area contributed by atoms with E-state index in [0.717, 1.165) is 44.4 Å². The molecule has 2 fully saturated rings. The number of benzene rings is 1. The Morgan fingerprint density at radius 3 is 2.20 bits per heavy atom. The van der Waals surface area contributed by atoms with Crippen molar-refractivity contribution in [3.8, 4) is 0 Å². The van der Waals surface area contributed by atoms with E-state index in [-0.39, 0.29) is 17.7 Å². The average molecular weight is 350 g/mol. The third-order valence-electron chi connectivity index (χ3n) is 6.32. The zero-order valence-corrected chi connectivity index (χ0v) is 15.3. The predicted octanol–water partition coefficient (Wildman–Crippen LogP) is 7.23. The maximum atomic E-state index is 14.6. The van der Waals surface area contributed by atoms with Gasteiger partial charge in [0, 0.05) is 5.92 Å². The molecule has 0 aliphatic heterocycles. The molecule has 0 aromatic heterocycles. The molecule has 0 amide bonds. The van der Waals surface area contributed by atoms with E-state index in [9.17, 15) is 13.2 Å². The third-order valence-corrected chi connectivity index (χ3v) is 6.32. The number of allylic oxidation sites excluding steroid dienone is 2. The number of hydrogen-bond acceptors (Lipinski definition) is 0. The van der Waals surface area contributed by atoms with Crippen molar-refractivity contribution in [3.05, 3.63) is 46.8 Å². The molecule has 0 heterocycles. The second-order valence-electron chi connectivity index (χ2n) is 8.22. The SMILES string of the molecule is Cc1ccc(C2CCC(/C(F)=C/C3CCC(C)CC3)CC2)c(F)c1F. The van der Waals surface area contributed by atoms with Gasteiger partial charge >= 0.3 is 0 Å². The van der Waals surface area contributed by atoms with Gasteiger partial charge < -0.3 is 0 Å². The lowest BCUT2D eigenvalue weighted by molar-refractivity contribution is 0.297. The minimum absolute atomic E-state index is 0.00896. The molecule has 3 heteroatoms.